The highest BCUT2D eigenvalue weighted by Gasteiger charge is 2.03. The van der Waals surface area contributed by atoms with Crippen molar-refractivity contribution in [3.63, 3.8) is 0 Å². The number of ether oxygens (including phenoxy) is 1. The second-order valence-electron chi connectivity index (χ2n) is 4.21. The normalized spacial score (nSPS) is 10.8. The fraction of sp³-hybridized carbons (Fsp3) is 0.0667. The van der Waals surface area contributed by atoms with Gasteiger partial charge in [0.15, 0.2) is 0 Å². The van der Waals surface area contributed by atoms with Crippen molar-refractivity contribution >= 4 is 29.3 Å². The van der Waals surface area contributed by atoms with Crippen molar-refractivity contribution in [2.75, 3.05) is 0 Å². The van der Waals surface area contributed by atoms with Crippen molar-refractivity contribution in [1.82, 2.24) is 0 Å². The molecule has 2 aromatic rings. The Morgan fingerprint density at radius 3 is 2.48 bits per heavy atom. The van der Waals surface area contributed by atoms with E-state index in [9.17, 15) is 10.1 Å². The van der Waals surface area contributed by atoms with Gasteiger partial charge in [-0.15, -0.1) is 0 Å². The molecule has 0 fully saturated rings. The van der Waals surface area contributed by atoms with E-state index in [1.165, 1.54) is 6.08 Å². The number of nitro groups is 1. The van der Waals surface area contributed by atoms with Gasteiger partial charge in [0.05, 0.1) is 9.95 Å². The van der Waals surface area contributed by atoms with Gasteiger partial charge >= 0.3 is 0 Å². The molecule has 2 aromatic carbocycles. The van der Waals surface area contributed by atoms with Crippen LogP contribution in [-0.4, -0.2) is 4.92 Å². The predicted octanol–water partition coefficient (Wildman–Crippen LogP) is 4.82. The molecule has 108 valence electrons. The third kappa shape index (κ3) is 4.77. The van der Waals surface area contributed by atoms with Crippen LogP contribution in [0.2, 0.25) is 10.0 Å². The molecule has 0 aliphatic carbocycles. The van der Waals surface area contributed by atoms with E-state index in [1.54, 1.807) is 30.3 Å². The van der Waals surface area contributed by atoms with Crippen molar-refractivity contribution in [1.29, 1.82) is 0 Å². The third-order valence-corrected chi connectivity index (χ3v) is 3.20. The van der Waals surface area contributed by atoms with Crippen LogP contribution < -0.4 is 4.74 Å². The zero-order valence-corrected chi connectivity index (χ0v) is 12.3. The van der Waals surface area contributed by atoms with Crippen molar-refractivity contribution in [2.24, 2.45) is 0 Å². The topological polar surface area (TPSA) is 52.4 Å². The lowest BCUT2D eigenvalue weighted by Crippen LogP contribution is -1.95. The van der Waals surface area contributed by atoms with Crippen molar-refractivity contribution in [3.8, 4) is 5.75 Å². The molecule has 0 atom stereocenters. The second kappa shape index (κ2) is 7.11. The Labute approximate surface area is 131 Å². The van der Waals surface area contributed by atoms with Crippen LogP contribution >= 0.6 is 23.2 Å². The van der Waals surface area contributed by atoms with Gasteiger partial charge in [-0.1, -0.05) is 41.4 Å². The minimum absolute atomic E-state index is 0.362. The summed E-state index contributed by atoms with van der Waals surface area (Å²) in [5, 5.41) is 11.3. The van der Waals surface area contributed by atoms with Gasteiger partial charge in [-0.3, -0.25) is 10.1 Å². The smallest absolute Gasteiger partial charge is 0.235 e. The first-order chi connectivity index (χ1) is 10.0. The number of hydrogen-bond acceptors (Lipinski definition) is 3. The van der Waals surface area contributed by atoms with Crippen LogP contribution in [0.1, 0.15) is 11.1 Å². The maximum Gasteiger partial charge on any atom is 0.235 e. The first-order valence-electron chi connectivity index (χ1n) is 6.03. The Morgan fingerprint density at radius 1 is 1.14 bits per heavy atom. The Kier molecular flexibility index (Phi) is 5.20. The standard InChI is InChI=1S/C15H11Cl2NO3/c16-13-4-1-12(2-5-13)10-21-15-6-3-11(9-14(15)17)7-8-18(19)20/h1-9H,10H2/b8-7+. The summed E-state index contributed by atoms with van der Waals surface area (Å²) in [6.07, 6.45) is 2.23. The molecular formula is C15H11Cl2NO3. The molecule has 21 heavy (non-hydrogen) atoms. The van der Waals surface area contributed by atoms with Crippen LogP contribution in [0.4, 0.5) is 0 Å². The summed E-state index contributed by atoms with van der Waals surface area (Å²) in [5.74, 6) is 0.518. The summed E-state index contributed by atoms with van der Waals surface area (Å²) in [6, 6.07) is 12.3. The summed E-state index contributed by atoms with van der Waals surface area (Å²) in [5.41, 5.74) is 1.60. The first kappa shape index (κ1) is 15.4. The molecule has 4 nitrogen and oxygen atoms in total. The van der Waals surface area contributed by atoms with E-state index in [1.807, 2.05) is 12.1 Å². The highest BCUT2D eigenvalue weighted by Crippen LogP contribution is 2.27. The summed E-state index contributed by atoms with van der Waals surface area (Å²) in [7, 11) is 0. The Hall–Kier alpha value is -2.04. The van der Waals surface area contributed by atoms with Gasteiger partial charge in [0, 0.05) is 11.1 Å². The Morgan fingerprint density at radius 2 is 1.86 bits per heavy atom. The van der Waals surface area contributed by atoms with Gasteiger partial charge in [0.25, 0.3) is 0 Å². The van der Waals surface area contributed by atoms with Crippen LogP contribution in [-0.2, 0) is 6.61 Å². The van der Waals surface area contributed by atoms with Crippen LogP contribution in [0, 0.1) is 10.1 Å². The molecule has 0 aromatic heterocycles. The van der Waals surface area contributed by atoms with E-state index < -0.39 is 4.92 Å². The van der Waals surface area contributed by atoms with E-state index in [4.69, 9.17) is 27.9 Å². The van der Waals surface area contributed by atoms with Gasteiger partial charge in [0.2, 0.25) is 6.20 Å². The molecule has 0 amide bonds. The lowest BCUT2D eigenvalue weighted by molar-refractivity contribution is -0.400. The SMILES string of the molecule is O=[N+]([O-])/C=C/c1ccc(OCc2ccc(Cl)cc2)c(Cl)c1. The molecule has 0 radical (unpaired) electrons. The lowest BCUT2D eigenvalue weighted by Gasteiger charge is -2.08. The first-order valence-corrected chi connectivity index (χ1v) is 6.79. The lowest BCUT2D eigenvalue weighted by atomic mass is 10.2. The number of rotatable bonds is 5. The largest absolute Gasteiger partial charge is 0.487 e. The Bertz CT molecular complexity index is 669. The molecule has 0 bridgehead atoms. The molecule has 0 spiro atoms. The average Bonchev–Trinajstić information content (AvgIpc) is 2.46. The van der Waals surface area contributed by atoms with Crippen molar-refractivity contribution in [2.45, 2.75) is 6.61 Å². The Balaban J connectivity index is 2.04. The summed E-state index contributed by atoms with van der Waals surface area (Å²) < 4.78 is 5.61. The van der Waals surface area contributed by atoms with E-state index in [0.29, 0.717) is 28.0 Å². The van der Waals surface area contributed by atoms with Gasteiger partial charge in [0.1, 0.15) is 12.4 Å². The summed E-state index contributed by atoms with van der Waals surface area (Å²) in [4.78, 5) is 9.73. The molecule has 0 heterocycles. The highest BCUT2D eigenvalue weighted by atomic mass is 35.5. The number of benzene rings is 2. The minimum Gasteiger partial charge on any atom is -0.487 e. The minimum atomic E-state index is -0.529. The average molecular weight is 324 g/mol. The second-order valence-corrected chi connectivity index (χ2v) is 5.05. The van der Waals surface area contributed by atoms with E-state index in [2.05, 4.69) is 0 Å². The summed E-state index contributed by atoms with van der Waals surface area (Å²) >= 11 is 11.9. The van der Waals surface area contributed by atoms with E-state index >= 15 is 0 Å². The van der Waals surface area contributed by atoms with Crippen LogP contribution in [0.25, 0.3) is 6.08 Å². The molecule has 0 aliphatic rings. The monoisotopic (exact) mass is 323 g/mol. The summed E-state index contributed by atoms with van der Waals surface area (Å²) in [6.45, 7) is 0.362. The van der Waals surface area contributed by atoms with E-state index in [-0.39, 0.29) is 0 Å². The number of halogens is 2. The molecular weight excluding hydrogens is 313 g/mol. The molecule has 6 heteroatoms. The molecule has 0 saturated carbocycles. The maximum atomic E-state index is 10.3. The highest BCUT2D eigenvalue weighted by molar-refractivity contribution is 6.32. The van der Waals surface area contributed by atoms with Crippen LogP contribution in [0.15, 0.2) is 48.7 Å². The number of hydrogen-bond donors (Lipinski definition) is 0. The zero-order valence-electron chi connectivity index (χ0n) is 10.8. The predicted molar refractivity (Wildman–Crippen MR) is 83.3 cm³/mol. The quantitative estimate of drug-likeness (QED) is 0.585. The van der Waals surface area contributed by atoms with Crippen LogP contribution in [0.3, 0.4) is 0 Å². The fourth-order valence-electron chi connectivity index (χ4n) is 1.63. The van der Waals surface area contributed by atoms with Crippen molar-refractivity contribution in [3.05, 3.63) is 80.0 Å². The van der Waals surface area contributed by atoms with Crippen molar-refractivity contribution < 1.29 is 9.66 Å². The van der Waals surface area contributed by atoms with Gasteiger partial charge in [-0.05, 0) is 35.4 Å². The molecule has 0 saturated heterocycles. The molecule has 0 unspecified atom stereocenters. The van der Waals surface area contributed by atoms with Gasteiger partial charge in [-0.2, -0.15) is 0 Å². The zero-order chi connectivity index (χ0) is 15.2. The van der Waals surface area contributed by atoms with Crippen LogP contribution in [0.5, 0.6) is 5.75 Å². The number of nitrogens with zero attached hydrogens (tertiary/aromatic N) is 1. The third-order valence-electron chi connectivity index (χ3n) is 2.65. The van der Waals surface area contributed by atoms with E-state index in [0.717, 1.165) is 11.8 Å². The molecule has 2 rings (SSSR count). The van der Waals surface area contributed by atoms with Gasteiger partial charge < -0.3 is 4.74 Å². The fourth-order valence-corrected chi connectivity index (χ4v) is 2.00. The molecule has 0 N–H and O–H groups in total. The van der Waals surface area contributed by atoms with Gasteiger partial charge in [-0.25, -0.2) is 0 Å². The maximum absolute atomic E-state index is 10.3. The molecule has 0 aliphatic heterocycles.